The molecule has 2 heterocycles. The number of aryl methyl sites for hydroxylation is 1. The zero-order chi connectivity index (χ0) is 15.6. The molecule has 9 heteroatoms. The molecule has 1 aromatic rings. The number of H-pyrrole nitrogens is 1. The molecule has 1 amide bonds. The molecule has 1 fully saturated rings. The van der Waals surface area contributed by atoms with Crippen LogP contribution in [-0.4, -0.2) is 35.1 Å². The molecular weight excluding hydrogens is 292 g/mol. The molecule has 3 N–H and O–H groups in total. The molecule has 0 saturated carbocycles. The molecule has 0 bridgehead atoms. The van der Waals surface area contributed by atoms with Crippen LogP contribution in [0.1, 0.15) is 30.7 Å². The molecule has 0 spiro atoms. The van der Waals surface area contributed by atoms with E-state index in [0.29, 0.717) is 13.0 Å². The van der Waals surface area contributed by atoms with E-state index in [2.05, 4.69) is 15.5 Å². The van der Waals surface area contributed by atoms with Crippen LogP contribution in [0, 0.1) is 12.8 Å². The van der Waals surface area contributed by atoms with E-state index in [9.17, 15) is 22.4 Å². The van der Waals surface area contributed by atoms with Crippen LogP contribution in [0.3, 0.4) is 0 Å². The highest BCUT2D eigenvalue weighted by Gasteiger charge is 2.47. The number of halogens is 4. The van der Waals surface area contributed by atoms with Gasteiger partial charge in [0.1, 0.15) is 0 Å². The van der Waals surface area contributed by atoms with Crippen LogP contribution in [0.25, 0.3) is 0 Å². The molecule has 0 radical (unpaired) electrons. The topological polar surface area (TPSA) is 69.8 Å². The van der Waals surface area contributed by atoms with Gasteiger partial charge in [-0.2, -0.15) is 13.9 Å². The van der Waals surface area contributed by atoms with E-state index in [1.54, 1.807) is 0 Å². The van der Waals surface area contributed by atoms with Crippen molar-refractivity contribution >= 4 is 11.6 Å². The fourth-order valence-corrected chi connectivity index (χ4v) is 2.31. The Morgan fingerprint density at radius 2 is 2.19 bits per heavy atom. The standard InChI is InChI=1S/C12H16F4N4O/c1-6-8(9(10(13)14)20-19-6)18-11(21)12(15,16)7-3-2-4-17-5-7/h7,10,17H,2-5H2,1H3,(H,18,21)(H,19,20). The Hall–Kier alpha value is -1.64. The van der Waals surface area contributed by atoms with Crippen molar-refractivity contribution < 1.29 is 22.4 Å². The number of carbonyl (C=O) groups excluding carboxylic acids is 1. The van der Waals surface area contributed by atoms with Crippen LogP contribution >= 0.6 is 0 Å². The Morgan fingerprint density at radius 1 is 1.48 bits per heavy atom. The minimum Gasteiger partial charge on any atom is -0.318 e. The number of nitrogens with zero attached hydrogens (tertiary/aromatic N) is 1. The van der Waals surface area contributed by atoms with E-state index in [1.807, 2.05) is 5.32 Å². The van der Waals surface area contributed by atoms with Crippen LogP contribution < -0.4 is 10.6 Å². The van der Waals surface area contributed by atoms with E-state index in [0.717, 1.165) is 0 Å². The first-order chi connectivity index (χ1) is 9.84. The number of aromatic nitrogens is 2. The number of amides is 1. The summed E-state index contributed by atoms with van der Waals surface area (Å²) in [5.74, 6) is -6.35. The average molecular weight is 308 g/mol. The molecule has 1 aliphatic rings. The lowest BCUT2D eigenvalue weighted by atomic mass is 9.92. The Kier molecular flexibility index (Phi) is 4.50. The summed E-state index contributed by atoms with van der Waals surface area (Å²) < 4.78 is 53.6. The molecule has 1 atom stereocenters. The lowest BCUT2D eigenvalue weighted by Crippen LogP contribution is -2.48. The van der Waals surface area contributed by atoms with Crippen LogP contribution in [0.15, 0.2) is 0 Å². The Morgan fingerprint density at radius 3 is 2.76 bits per heavy atom. The zero-order valence-corrected chi connectivity index (χ0v) is 11.4. The summed E-state index contributed by atoms with van der Waals surface area (Å²) in [5, 5.41) is 10.3. The highest BCUT2D eigenvalue weighted by molar-refractivity contribution is 5.97. The number of nitrogens with one attached hydrogen (secondary N) is 3. The van der Waals surface area contributed by atoms with Crippen molar-refractivity contribution in [3.05, 3.63) is 11.4 Å². The molecule has 1 saturated heterocycles. The maximum Gasteiger partial charge on any atom is 0.328 e. The Labute approximate surface area is 118 Å². The van der Waals surface area contributed by atoms with Crippen molar-refractivity contribution in [3.8, 4) is 0 Å². The molecule has 5 nitrogen and oxygen atoms in total. The van der Waals surface area contributed by atoms with Crippen molar-refractivity contribution in [3.63, 3.8) is 0 Å². The average Bonchev–Trinajstić information content (AvgIpc) is 2.81. The van der Waals surface area contributed by atoms with Gasteiger partial charge >= 0.3 is 5.92 Å². The smallest absolute Gasteiger partial charge is 0.318 e. The molecule has 1 aromatic heterocycles. The number of anilines is 1. The van der Waals surface area contributed by atoms with E-state index < -0.39 is 29.9 Å². The molecular formula is C12H16F4N4O. The van der Waals surface area contributed by atoms with Gasteiger partial charge in [-0.1, -0.05) is 0 Å². The van der Waals surface area contributed by atoms with E-state index >= 15 is 0 Å². The summed E-state index contributed by atoms with van der Waals surface area (Å²) in [6.45, 7) is 2.02. The third kappa shape index (κ3) is 3.17. The van der Waals surface area contributed by atoms with Crippen molar-refractivity contribution in [1.82, 2.24) is 15.5 Å². The van der Waals surface area contributed by atoms with Crippen LogP contribution in [-0.2, 0) is 4.79 Å². The fraction of sp³-hybridized carbons (Fsp3) is 0.667. The molecule has 2 rings (SSSR count). The molecule has 21 heavy (non-hydrogen) atoms. The molecule has 1 aliphatic heterocycles. The number of piperidine rings is 1. The number of rotatable bonds is 4. The van der Waals surface area contributed by atoms with Gasteiger partial charge in [-0.25, -0.2) is 8.78 Å². The highest BCUT2D eigenvalue weighted by atomic mass is 19.3. The number of aromatic amines is 1. The van der Waals surface area contributed by atoms with Crippen LogP contribution in [0.2, 0.25) is 0 Å². The SMILES string of the molecule is Cc1[nH]nc(C(F)F)c1NC(=O)C(F)(F)C1CCCNC1. The van der Waals surface area contributed by atoms with Gasteiger partial charge in [-0.05, 0) is 26.3 Å². The second-order valence-corrected chi connectivity index (χ2v) is 5.03. The van der Waals surface area contributed by atoms with Crippen LogP contribution in [0.5, 0.6) is 0 Å². The number of alkyl halides is 4. The number of carbonyl (C=O) groups is 1. The fourth-order valence-electron chi connectivity index (χ4n) is 2.31. The van der Waals surface area contributed by atoms with Crippen LogP contribution in [0.4, 0.5) is 23.2 Å². The van der Waals surface area contributed by atoms with Gasteiger partial charge in [-0.3, -0.25) is 9.89 Å². The van der Waals surface area contributed by atoms with Crippen molar-refractivity contribution in [1.29, 1.82) is 0 Å². The minimum atomic E-state index is -3.63. The van der Waals surface area contributed by atoms with E-state index in [4.69, 9.17) is 0 Å². The predicted octanol–water partition coefficient (Wildman–Crippen LogP) is 2.23. The predicted molar refractivity (Wildman–Crippen MR) is 67.5 cm³/mol. The first kappa shape index (κ1) is 15.7. The summed E-state index contributed by atoms with van der Waals surface area (Å²) in [4.78, 5) is 11.8. The third-order valence-corrected chi connectivity index (χ3v) is 3.53. The summed E-state index contributed by atoms with van der Waals surface area (Å²) in [7, 11) is 0. The van der Waals surface area contributed by atoms with Gasteiger partial charge in [0.25, 0.3) is 12.3 Å². The lowest BCUT2D eigenvalue weighted by molar-refractivity contribution is -0.149. The van der Waals surface area contributed by atoms with Crippen molar-refractivity contribution in [2.24, 2.45) is 5.92 Å². The quantitative estimate of drug-likeness (QED) is 0.747. The largest absolute Gasteiger partial charge is 0.328 e. The van der Waals surface area contributed by atoms with Gasteiger partial charge in [0.15, 0.2) is 5.69 Å². The molecule has 118 valence electrons. The second-order valence-electron chi connectivity index (χ2n) is 5.03. The summed E-state index contributed by atoms with van der Waals surface area (Å²) in [5.41, 5.74) is -1.01. The normalized spacial score (nSPS) is 19.8. The third-order valence-electron chi connectivity index (χ3n) is 3.53. The summed E-state index contributed by atoms with van der Waals surface area (Å²) in [6.07, 6.45) is -2.21. The maximum atomic E-state index is 14.1. The lowest BCUT2D eigenvalue weighted by Gasteiger charge is -2.29. The highest BCUT2D eigenvalue weighted by Crippen LogP contribution is 2.33. The maximum absolute atomic E-state index is 14.1. The van der Waals surface area contributed by atoms with Gasteiger partial charge in [0.05, 0.1) is 11.4 Å². The minimum absolute atomic E-state index is 0.0203. The number of hydrogen-bond acceptors (Lipinski definition) is 3. The second kappa shape index (κ2) is 6.00. The van der Waals surface area contributed by atoms with Gasteiger partial charge in [0.2, 0.25) is 0 Å². The first-order valence-corrected chi connectivity index (χ1v) is 6.57. The Bertz CT molecular complexity index is 511. The summed E-state index contributed by atoms with van der Waals surface area (Å²) >= 11 is 0. The van der Waals surface area contributed by atoms with E-state index in [1.165, 1.54) is 6.92 Å². The molecule has 0 aliphatic carbocycles. The van der Waals surface area contributed by atoms with Crippen molar-refractivity contribution in [2.75, 3.05) is 18.4 Å². The first-order valence-electron chi connectivity index (χ1n) is 6.57. The monoisotopic (exact) mass is 308 g/mol. The zero-order valence-electron chi connectivity index (χ0n) is 11.4. The summed E-state index contributed by atoms with van der Waals surface area (Å²) in [6, 6.07) is 0. The number of hydrogen-bond donors (Lipinski definition) is 3. The Balaban J connectivity index is 2.15. The molecule has 0 aromatic carbocycles. The van der Waals surface area contributed by atoms with Gasteiger partial charge in [0, 0.05) is 12.5 Å². The van der Waals surface area contributed by atoms with Crippen molar-refractivity contribution in [2.45, 2.75) is 32.1 Å². The molecule has 1 unspecified atom stereocenters. The van der Waals surface area contributed by atoms with E-state index in [-0.39, 0.29) is 24.3 Å². The van der Waals surface area contributed by atoms with Gasteiger partial charge in [-0.15, -0.1) is 0 Å². The van der Waals surface area contributed by atoms with Gasteiger partial charge < -0.3 is 10.6 Å².